The molecule has 0 fully saturated rings. The summed E-state index contributed by atoms with van der Waals surface area (Å²) in [7, 11) is -3.10. The van der Waals surface area contributed by atoms with E-state index in [-0.39, 0.29) is 11.6 Å². The third-order valence-corrected chi connectivity index (χ3v) is 7.32. The number of hydrogen-bond donors (Lipinski definition) is 1. The maximum atomic E-state index is 12.1. The van der Waals surface area contributed by atoms with E-state index in [1.807, 2.05) is 20.8 Å². The van der Waals surface area contributed by atoms with E-state index >= 15 is 0 Å². The molecule has 0 spiro atoms. The van der Waals surface area contributed by atoms with E-state index < -0.39 is 27.8 Å². The van der Waals surface area contributed by atoms with Crippen molar-refractivity contribution in [3.63, 3.8) is 0 Å². The zero-order valence-electron chi connectivity index (χ0n) is 15.2. The van der Waals surface area contributed by atoms with Crippen LogP contribution in [-0.2, 0) is 9.53 Å². The van der Waals surface area contributed by atoms with Crippen molar-refractivity contribution in [1.82, 2.24) is 5.32 Å². The summed E-state index contributed by atoms with van der Waals surface area (Å²) < 4.78 is 5.35. The van der Waals surface area contributed by atoms with Gasteiger partial charge in [-0.05, 0) is 26.8 Å². The van der Waals surface area contributed by atoms with Crippen LogP contribution in [0.1, 0.15) is 20.8 Å². The van der Waals surface area contributed by atoms with E-state index in [0.717, 1.165) is 12.3 Å². The molecule has 0 aliphatic carbocycles. The first-order chi connectivity index (χ1) is 9.15. The summed E-state index contributed by atoms with van der Waals surface area (Å²) in [5.41, 5.74) is -0.611. The van der Waals surface area contributed by atoms with Gasteiger partial charge in [0.15, 0.2) is 0 Å². The van der Waals surface area contributed by atoms with Crippen molar-refractivity contribution in [3.05, 3.63) is 0 Å². The Morgan fingerprint density at radius 2 is 1.62 bits per heavy atom. The van der Waals surface area contributed by atoms with Crippen LogP contribution in [0.5, 0.6) is 0 Å². The largest absolute Gasteiger partial charge is 0.444 e. The quantitative estimate of drug-likeness (QED) is 0.588. The molecular formula is C15H33NO3Si2. The molecule has 0 rings (SSSR count). The van der Waals surface area contributed by atoms with E-state index in [0.29, 0.717) is 0 Å². The van der Waals surface area contributed by atoms with Crippen LogP contribution in [0.2, 0.25) is 50.9 Å². The van der Waals surface area contributed by atoms with Crippen LogP contribution in [0.4, 0.5) is 4.79 Å². The third-order valence-electron chi connectivity index (χ3n) is 3.11. The van der Waals surface area contributed by atoms with Crippen molar-refractivity contribution in [2.45, 2.75) is 83.3 Å². The topological polar surface area (TPSA) is 55.4 Å². The highest BCUT2D eigenvalue weighted by molar-refractivity contribution is 6.80. The highest BCUT2D eigenvalue weighted by Crippen LogP contribution is 2.29. The standard InChI is InChI=1S/C15H33NO3Si2/c1-15(2,3)19-14(18)16-12(11-20(4,5)6)13(10-17)21(7,8)9/h10,12-13H,11H2,1-9H3,(H,16,18). The summed E-state index contributed by atoms with van der Waals surface area (Å²) in [4.78, 5) is 23.7. The molecule has 0 saturated heterocycles. The molecule has 1 amide bonds. The first-order valence-electron chi connectivity index (χ1n) is 7.60. The second-order valence-electron chi connectivity index (χ2n) is 9.05. The maximum Gasteiger partial charge on any atom is 0.407 e. The smallest absolute Gasteiger partial charge is 0.407 e. The molecule has 0 aromatic rings. The summed E-state index contributed by atoms with van der Waals surface area (Å²) in [5, 5.41) is 2.96. The summed E-state index contributed by atoms with van der Waals surface area (Å²) in [6.45, 7) is 18.8. The molecule has 0 aromatic heterocycles. The van der Waals surface area contributed by atoms with Crippen molar-refractivity contribution >= 4 is 28.5 Å². The Morgan fingerprint density at radius 3 is 1.90 bits per heavy atom. The number of hydrogen-bond acceptors (Lipinski definition) is 3. The van der Waals surface area contributed by atoms with Crippen molar-refractivity contribution in [2.75, 3.05) is 0 Å². The maximum absolute atomic E-state index is 12.1. The van der Waals surface area contributed by atoms with Gasteiger partial charge in [0.2, 0.25) is 0 Å². The predicted octanol–water partition coefficient (Wildman–Crippen LogP) is 4.13. The fraction of sp³-hybridized carbons (Fsp3) is 0.867. The van der Waals surface area contributed by atoms with E-state index in [2.05, 4.69) is 44.6 Å². The van der Waals surface area contributed by atoms with Crippen molar-refractivity contribution in [2.24, 2.45) is 0 Å². The van der Waals surface area contributed by atoms with Gasteiger partial charge in [0.1, 0.15) is 11.9 Å². The molecule has 6 heteroatoms. The SMILES string of the molecule is CC(C)(C)OC(=O)NC(C[Si](C)(C)C)C(C=O)[Si](C)(C)C. The van der Waals surface area contributed by atoms with Gasteiger partial charge in [0, 0.05) is 19.7 Å². The highest BCUT2D eigenvalue weighted by Gasteiger charge is 2.37. The minimum atomic E-state index is -1.69. The molecule has 2 unspecified atom stereocenters. The molecule has 1 N–H and O–H groups in total. The Balaban J connectivity index is 5.15. The molecule has 0 aromatic carbocycles. The molecule has 4 nitrogen and oxygen atoms in total. The molecule has 124 valence electrons. The zero-order chi connectivity index (χ0) is 17.1. The Labute approximate surface area is 132 Å². The molecule has 2 atom stereocenters. The Kier molecular flexibility index (Phi) is 6.88. The number of alkyl carbamates (subject to hydrolysis) is 1. The number of carbonyl (C=O) groups excluding carboxylic acids is 2. The van der Waals surface area contributed by atoms with Crippen molar-refractivity contribution < 1.29 is 14.3 Å². The summed E-state index contributed by atoms with van der Waals surface area (Å²) in [5.74, 6) is 0. The molecule has 0 bridgehead atoms. The van der Waals surface area contributed by atoms with E-state index in [9.17, 15) is 9.59 Å². The Bertz CT molecular complexity index is 365. The lowest BCUT2D eigenvalue weighted by molar-refractivity contribution is -0.108. The molecule has 0 aliphatic rings. The van der Waals surface area contributed by atoms with Gasteiger partial charge in [-0.15, -0.1) is 0 Å². The van der Waals surface area contributed by atoms with Gasteiger partial charge in [0.05, 0.1) is 8.07 Å². The number of ether oxygens (including phenoxy) is 1. The van der Waals surface area contributed by atoms with Gasteiger partial charge in [-0.2, -0.15) is 0 Å². The van der Waals surface area contributed by atoms with Crippen LogP contribution in [0.25, 0.3) is 0 Å². The van der Waals surface area contributed by atoms with Crippen LogP contribution >= 0.6 is 0 Å². The van der Waals surface area contributed by atoms with Crippen molar-refractivity contribution in [3.8, 4) is 0 Å². The summed E-state index contributed by atoms with van der Waals surface area (Å²) >= 11 is 0. The minimum Gasteiger partial charge on any atom is -0.444 e. The van der Waals surface area contributed by atoms with Gasteiger partial charge in [-0.1, -0.05) is 39.3 Å². The van der Waals surface area contributed by atoms with Gasteiger partial charge in [-0.25, -0.2) is 4.79 Å². The minimum absolute atomic E-state index is 0.0863. The average Bonchev–Trinajstić information content (AvgIpc) is 2.08. The van der Waals surface area contributed by atoms with E-state index in [1.54, 1.807) is 0 Å². The molecule has 21 heavy (non-hydrogen) atoms. The number of rotatable bonds is 6. The first kappa shape index (κ1) is 20.4. The normalized spacial score (nSPS) is 16.0. The van der Waals surface area contributed by atoms with Crippen LogP contribution < -0.4 is 5.32 Å². The molecule has 0 saturated carbocycles. The average molecular weight is 332 g/mol. The van der Waals surface area contributed by atoms with E-state index in [4.69, 9.17) is 4.74 Å². The lowest BCUT2D eigenvalue weighted by Crippen LogP contribution is -2.50. The van der Waals surface area contributed by atoms with Crippen LogP contribution in [0.15, 0.2) is 0 Å². The summed E-state index contributed by atoms with van der Waals surface area (Å²) in [6, 6.07) is 0.774. The van der Waals surface area contributed by atoms with E-state index in [1.165, 1.54) is 0 Å². The lowest BCUT2D eigenvalue weighted by Gasteiger charge is -2.35. The van der Waals surface area contributed by atoms with Crippen LogP contribution in [0, 0.1) is 0 Å². The summed E-state index contributed by atoms with van der Waals surface area (Å²) in [6.07, 6.45) is 0.616. The number of nitrogens with one attached hydrogen (secondary N) is 1. The predicted molar refractivity (Wildman–Crippen MR) is 94.5 cm³/mol. The monoisotopic (exact) mass is 331 g/mol. The number of aldehydes is 1. The fourth-order valence-electron chi connectivity index (χ4n) is 2.29. The molecule has 0 radical (unpaired) electrons. The van der Waals surface area contributed by atoms with Crippen LogP contribution in [0.3, 0.4) is 0 Å². The number of amides is 1. The fourth-order valence-corrected chi connectivity index (χ4v) is 6.02. The molecule has 0 heterocycles. The lowest BCUT2D eigenvalue weighted by atomic mass is 10.2. The van der Waals surface area contributed by atoms with Crippen LogP contribution in [-0.4, -0.2) is 40.2 Å². The molecular weight excluding hydrogens is 298 g/mol. The number of carbonyl (C=O) groups is 2. The first-order valence-corrected chi connectivity index (χ1v) is 14.9. The van der Waals surface area contributed by atoms with Gasteiger partial charge in [0.25, 0.3) is 0 Å². The van der Waals surface area contributed by atoms with Gasteiger partial charge in [-0.3, -0.25) is 0 Å². The third kappa shape index (κ3) is 9.08. The second kappa shape index (κ2) is 7.09. The van der Waals surface area contributed by atoms with Crippen molar-refractivity contribution in [1.29, 1.82) is 0 Å². The van der Waals surface area contributed by atoms with Gasteiger partial charge >= 0.3 is 6.09 Å². The highest BCUT2D eigenvalue weighted by atomic mass is 28.3. The molecule has 0 aliphatic heterocycles. The Hall–Kier alpha value is -0.626. The second-order valence-corrected chi connectivity index (χ2v) is 20.0. The Morgan fingerprint density at radius 1 is 1.14 bits per heavy atom. The van der Waals surface area contributed by atoms with Gasteiger partial charge < -0.3 is 14.8 Å². The zero-order valence-corrected chi connectivity index (χ0v) is 17.2.